The van der Waals surface area contributed by atoms with Crippen molar-refractivity contribution in [3.63, 3.8) is 0 Å². The molecule has 0 aliphatic carbocycles. The molecule has 0 aliphatic rings. The van der Waals surface area contributed by atoms with Crippen molar-refractivity contribution in [2.75, 3.05) is 27.2 Å². The van der Waals surface area contributed by atoms with Crippen molar-refractivity contribution >= 4 is 5.91 Å². The molecule has 1 rings (SSSR count). The Morgan fingerprint density at radius 1 is 1.53 bits per heavy atom. The van der Waals surface area contributed by atoms with Crippen LogP contribution in [-0.4, -0.2) is 48.2 Å². The number of rotatable bonds is 5. The van der Waals surface area contributed by atoms with Gasteiger partial charge in [-0.2, -0.15) is 10.2 Å². The lowest BCUT2D eigenvalue weighted by Crippen LogP contribution is -2.29. The quantitative estimate of drug-likeness (QED) is 0.700. The zero-order valence-electron chi connectivity index (χ0n) is 9.10. The van der Waals surface area contributed by atoms with Gasteiger partial charge in [-0.1, -0.05) is 0 Å². The van der Waals surface area contributed by atoms with Gasteiger partial charge in [0.25, 0.3) is 5.91 Å². The van der Waals surface area contributed by atoms with Crippen LogP contribution in [0, 0.1) is 0 Å². The van der Waals surface area contributed by atoms with Crippen LogP contribution in [0.4, 0.5) is 0 Å². The number of aromatic nitrogens is 2. The Morgan fingerprint density at radius 3 is 2.93 bits per heavy atom. The predicted molar refractivity (Wildman–Crippen MR) is 57.5 cm³/mol. The molecule has 5 nitrogen and oxygen atoms in total. The first-order valence-corrected chi connectivity index (χ1v) is 4.92. The maximum atomic E-state index is 11.8. The Hall–Kier alpha value is -1.49. The van der Waals surface area contributed by atoms with Crippen LogP contribution in [0.25, 0.3) is 0 Å². The van der Waals surface area contributed by atoms with Gasteiger partial charge in [-0.25, -0.2) is 0 Å². The third-order valence-corrected chi connectivity index (χ3v) is 2.10. The monoisotopic (exact) mass is 208 g/mol. The molecule has 0 bridgehead atoms. The van der Waals surface area contributed by atoms with Crippen LogP contribution < -0.4 is 5.32 Å². The smallest absolute Gasteiger partial charge is 0.255 e. The number of hydrogen-bond donors (Lipinski definition) is 1. The molecule has 0 saturated heterocycles. The van der Waals surface area contributed by atoms with Crippen molar-refractivity contribution in [2.45, 2.75) is 6.42 Å². The molecule has 0 spiro atoms. The van der Waals surface area contributed by atoms with E-state index in [1.54, 1.807) is 18.0 Å². The van der Waals surface area contributed by atoms with Gasteiger partial charge in [-0.15, -0.1) is 0 Å². The molecular formula is C10H16N4O. The van der Waals surface area contributed by atoms with Gasteiger partial charge < -0.3 is 10.2 Å². The first-order valence-electron chi connectivity index (χ1n) is 4.92. The molecule has 1 aromatic heterocycles. The topological polar surface area (TPSA) is 58.1 Å². The number of amides is 1. The zero-order valence-corrected chi connectivity index (χ0v) is 9.10. The Bertz CT molecular complexity index is 302. The number of nitrogens with one attached hydrogen (secondary N) is 1. The van der Waals surface area contributed by atoms with E-state index >= 15 is 0 Å². The predicted octanol–water partition coefficient (Wildman–Crippen LogP) is 0.158. The summed E-state index contributed by atoms with van der Waals surface area (Å²) in [5.74, 6) is -0.0130. The summed E-state index contributed by atoms with van der Waals surface area (Å²) in [6, 6.07) is 1.67. The molecule has 5 heteroatoms. The van der Waals surface area contributed by atoms with Crippen LogP contribution in [0.15, 0.2) is 18.5 Å². The van der Waals surface area contributed by atoms with Gasteiger partial charge in [0.1, 0.15) is 0 Å². The van der Waals surface area contributed by atoms with Crippen LogP contribution in [0.5, 0.6) is 0 Å². The van der Waals surface area contributed by atoms with Crippen LogP contribution in [0.1, 0.15) is 16.8 Å². The summed E-state index contributed by atoms with van der Waals surface area (Å²) < 4.78 is 0. The molecule has 1 amide bonds. The highest BCUT2D eigenvalue weighted by Gasteiger charge is 2.10. The lowest BCUT2D eigenvalue weighted by atomic mass is 10.2. The van der Waals surface area contributed by atoms with Crippen LogP contribution in [-0.2, 0) is 0 Å². The van der Waals surface area contributed by atoms with Crippen LogP contribution >= 0.6 is 0 Å². The van der Waals surface area contributed by atoms with Crippen molar-refractivity contribution < 1.29 is 4.79 Å². The van der Waals surface area contributed by atoms with E-state index in [9.17, 15) is 4.79 Å². The summed E-state index contributed by atoms with van der Waals surface area (Å²) >= 11 is 0. The van der Waals surface area contributed by atoms with Crippen molar-refractivity contribution in [1.29, 1.82) is 0 Å². The van der Waals surface area contributed by atoms with Gasteiger partial charge in [0, 0.05) is 13.6 Å². The molecule has 1 aromatic rings. The average Bonchev–Trinajstić information content (AvgIpc) is 2.29. The molecule has 0 saturated carbocycles. The number of hydrogen-bond acceptors (Lipinski definition) is 4. The number of nitrogens with zero attached hydrogens (tertiary/aromatic N) is 3. The average molecular weight is 208 g/mol. The van der Waals surface area contributed by atoms with Crippen molar-refractivity contribution in [3.8, 4) is 0 Å². The summed E-state index contributed by atoms with van der Waals surface area (Å²) in [6.07, 6.45) is 3.95. The summed E-state index contributed by atoms with van der Waals surface area (Å²) in [7, 11) is 3.69. The second-order valence-corrected chi connectivity index (χ2v) is 3.31. The Morgan fingerprint density at radius 2 is 2.33 bits per heavy atom. The lowest BCUT2D eigenvalue weighted by molar-refractivity contribution is 0.0793. The number of carbonyl (C=O) groups excluding carboxylic acids is 1. The van der Waals surface area contributed by atoms with Crippen LogP contribution in [0.3, 0.4) is 0 Å². The summed E-state index contributed by atoms with van der Waals surface area (Å²) in [4.78, 5) is 13.5. The van der Waals surface area contributed by atoms with Gasteiger partial charge >= 0.3 is 0 Å². The third-order valence-electron chi connectivity index (χ3n) is 2.10. The lowest BCUT2D eigenvalue weighted by Gasteiger charge is -2.16. The van der Waals surface area contributed by atoms with E-state index in [0.717, 1.165) is 19.5 Å². The molecule has 15 heavy (non-hydrogen) atoms. The first kappa shape index (κ1) is 11.6. The molecule has 1 heterocycles. The van der Waals surface area contributed by atoms with Crippen molar-refractivity contribution in [1.82, 2.24) is 20.4 Å². The third kappa shape index (κ3) is 3.63. The first-order chi connectivity index (χ1) is 7.25. The van der Waals surface area contributed by atoms with Crippen molar-refractivity contribution in [2.24, 2.45) is 0 Å². The second kappa shape index (κ2) is 6.08. The van der Waals surface area contributed by atoms with E-state index in [2.05, 4.69) is 15.5 Å². The molecule has 0 aliphatic heterocycles. The van der Waals surface area contributed by atoms with Gasteiger partial charge in [-0.3, -0.25) is 4.79 Å². The Labute approximate surface area is 89.5 Å². The highest BCUT2D eigenvalue weighted by Crippen LogP contribution is 2.00. The minimum Gasteiger partial charge on any atom is -0.342 e. The second-order valence-electron chi connectivity index (χ2n) is 3.31. The Kier molecular flexibility index (Phi) is 4.70. The zero-order chi connectivity index (χ0) is 11.1. The molecular weight excluding hydrogens is 192 g/mol. The SMILES string of the molecule is CNCCCN(C)C(=O)c1ccnnc1. The van der Waals surface area contributed by atoms with Gasteiger partial charge in [0.2, 0.25) is 0 Å². The minimum atomic E-state index is -0.0130. The fourth-order valence-corrected chi connectivity index (χ4v) is 1.23. The van der Waals surface area contributed by atoms with E-state index < -0.39 is 0 Å². The van der Waals surface area contributed by atoms with E-state index in [0.29, 0.717) is 5.56 Å². The van der Waals surface area contributed by atoms with Crippen LogP contribution in [0.2, 0.25) is 0 Å². The molecule has 0 fully saturated rings. The highest BCUT2D eigenvalue weighted by atomic mass is 16.2. The molecule has 0 unspecified atom stereocenters. The number of carbonyl (C=O) groups is 1. The summed E-state index contributed by atoms with van der Waals surface area (Å²) in [5, 5.41) is 10.3. The van der Waals surface area contributed by atoms with Crippen molar-refractivity contribution in [3.05, 3.63) is 24.0 Å². The fourth-order valence-electron chi connectivity index (χ4n) is 1.23. The van der Waals surface area contributed by atoms with E-state index in [1.165, 1.54) is 12.4 Å². The molecule has 0 radical (unpaired) electrons. The maximum Gasteiger partial charge on any atom is 0.255 e. The summed E-state index contributed by atoms with van der Waals surface area (Å²) in [6.45, 7) is 1.65. The molecule has 1 N–H and O–H groups in total. The Balaban J connectivity index is 2.46. The van der Waals surface area contributed by atoms with Gasteiger partial charge in [0.15, 0.2) is 0 Å². The largest absolute Gasteiger partial charge is 0.342 e. The van der Waals surface area contributed by atoms with Gasteiger partial charge in [0.05, 0.1) is 18.0 Å². The standard InChI is InChI=1S/C10H16N4O/c1-11-5-3-7-14(2)10(15)9-4-6-12-13-8-9/h4,6,8,11H,3,5,7H2,1-2H3. The van der Waals surface area contributed by atoms with Gasteiger partial charge in [-0.05, 0) is 26.1 Å². The summed E-state index contributed by atoms with van der Waals surface area (Å²) in [5.41, 5.74) is 0.581. The normalized spacial score (nSPS) is 10.0. The molecule has 0 atom stereocenters. The highest BCUT2D eigenvalue weighted by molar-refractivity contribution is 5.93. The molecule has 0 aromatic carbocycles. The van der Waals surface area contributed by atoms with E-state index in [-0.39, 0.29) is 5.91 Å². The minimum absolute atomic E-state index is 0.0130. The molecule has 82 valence electrons. The van der Waals surface area contributed by atoms with E-state index in [4.69, 9.17) is 0 Å². The maximum absolute atomic E-state index is 11.8. The van der Waals surface area contributed by atoms with E-state index in [1.807, 2.05) is 7.05 Å². The fraction of sp³-hybridized carbons (Fsp3) is 0.500.